The molecule has 7 heteroatoms. The van der Waals surface area contributed by atoms with Crippen LogP contribution in [-0.4, -0.2) is 41.8 Å². The van der Waals surface area contributed by atoms with E-state index in [-0.39, 0.29) is 6.10 Å². The van der Waals surface area contributed by atoms with Gasteiger partial charge in [-0.2, -0.15) is 8.42 Å². The van der Waals surface area contributed by atoms with Crippen LogP contribution in [0.4, 0.5) is 17.1 Å². The van der Waals surface area contributed by atoms with Crippen LogP contribution >= 0.6 is 0 Å². The molecule has 2 aromatic carbocycles. The van der Waals surface area contributed by atoms with Crippen molar-refractivity contribution >= 4 is 27.3 Å². The molecule has 134 valence electrons. The Morgan fingerprint density at radius 1 is 1.04 bits per heavy atom. The lowest BCUT2D eigenvalue weighted by Gasteiger charge is -2.23. The number of hydrogen-bond donors (Lipinski definition) is 1. The standard InChI is InChI=1S/C18H23N3O3S/c1-19-14-16(24-2)12-13-20-17-10-6-7-11-18(17)21(25(20,22)23)15-8-4-3-5-9-15/h3-11,16,19H,12-14H2,1-2H3/t16-/m1/s1. The third-order valence-corrected chi connectivity index (χ3v) is 6.09. The number of nitrogens with one attached hydrogen (secondary N) is 1. The van der Waals surface area contributed by atoms with Gasteiger partial charge in [0.1, 0.15) is 0 Å². The van der Waals surface area contributed by atoms with E-state index in [9.17, 15) is 8.42 Å². The zero-order chi connectivity index (χ0) is 17.9. The first-order valence-corrected chi connectivity index (χ1v) is 9.63. The highest BCUT2D eigenvalue weighted by Crippen LogP contribution is 2.45. The molecule has 2 aromatic rings. The molecule has 1 heterocycles. The van der Waals surface area contributed by atoms with Crippen LogP contribution < -0.4 is 13.9 Å². The molecule has 1 aliphatic heterocycles. The highest BCUT2D eigenvalue weighted by Gasteiger charge is 2.40. The average molecular weight is 361 g/mol. The number of nitrogens with zero attached hydrogens (tertiary/aromatic N) is 2. The number of fused-ring (bicyclic) bond motifs is 1. The van der Waals surface area contributed by atoms with Gasteiger partial charge in [0, 0.05) is 20.2 Å². The third-order valence-electron chi connectivity index (χ3n) is 4.29. The second-order valence-corrected chi connectivity index (χ2v) is 7.57. The van der Waals surface area contributed by atoms with Gasteiger partial charge < -0.3 is 10.1 Å². The van der Waals surface area contributed by atoms with Crippen molar-refractivity contribution in [2.75, 3.05) is 35.9 Å². The smallest absolute Gasteiger partial charge is 0.330 e. The van der Waals surface area contributed by atoms with Crippen molar-refractivity contribution in [3.8, 4) is 0 Å². The Labute approximate surface area is 149 Å². The van der Waals surface area contributed by atoms with Crippen molar-refractivity contribution in [1.29, 1.82) is 0 Å². The van der Waals surface area contributed by atoms with Gasteiger partial charge in [-0.3, -0.25) is 4.31 Å². The monoisotopic (exact) mass is 361 g/mol. The number of anilines is 3. The van der Waals surface area contributed by atoms with Crippen molar-refractivity contribution in [3.05, 3.63) is 54.6 Å². The molecular formula is C18H23N3O3S. The van der Waals surface area contributed by atoms with Crippen LogP contribution in [0.1, 0.15) is 6.42 Å². The van der Waals surface area contributed by atoms with Crippen LogP contribution in [0.15, 0.2) is 54.6 Å². The highest BCUT2D eigenvalue weighted by atomic mass is 32.2. The summed E-state index contributed by atoms with van der Waals surface area (Å²) in [6, 6.07) is 16.5. The van der Waals surface area contributed by atoms with E-state index in [1.807, 2.05) is 49.5 Å². The number of ether oxygens (including phenoxy) is 1. The van der Waals surface area contributed by atoms with Crippen molar-refractivity contribution in [2.24, 2.45) is 0 Å². The van der Waals surface area contributed by atoms with E-state index in [1.54, 1.807) is 19.2 Å². The summed E-state index contributed by atoms with van der Waals surface area (Å²) in [6.45, 7) is 1.04. The van der Waals surface area contributed by atoms with Crippen molar-refractivity contribution in [3.63, 3.8) is 0 Å². The summed E-state index contributed by atoms with van der Waals surface area (Å²) in [6.07, 6.45) is 0.561. The third kappa shape index (κ3) is 3.35. The van der Waals surface area contributed by atoms with Crippen molar-refractivity contribution in [1.82, 2.24) is 5.32 Å². The van der Waals surface area contributed by atoms with Gasteiger partial charge in [0.2, 0.25) is 0 Å². The number of likely N-dealkylation sites (N-methyl/N-ethyl adjacent to an activating group) is 1. The fourth-order valence-corrected chi connectivity index (χ4v) is 4.78. The molecule has 0 amide bonds. The summed E-state index contributed by atoms with van der Waals surface area (Å²) < 4.78 is 34.7. The number of hydrogen-bond acceptors (Lipinski definition) is 4. The molecule has 0 aromatic heterocycles. The minimum atomic E-state index is -3.67. The topological polar surface area (TPSA) is 61.9 Å². The van der Waals surface area contributed by atoms with Gasteiger partial charge in [0.15, 0.2) is 0 Å². The largest absolute Gasteiger partial charge is 0.380 e. The number of methoxy groups -OCH3 is 1. The van der Waals surface area contributed by atoms with E-state index in [0.29, 0.717) is 36.6 Å². The van der Waals surface area contributed by atoms with Crippen molar-refractivity contribution in [2.45, 2.75) is 12.5 Å². The summed E-state index contributed by atoms with van der Waals surface area (Å²) in [7, 11) is -0.172. The molecule has 1 atom stereocenters. The molecule has 6 nitrogen and oxygen atoms in total. The van der Waals surface area contributed by atoms with E-state index in [4.69, 9.17) is 4.74 Å². The molecule has 0 fully saturated rings. The molecule has 0 spiro atoms. The lowest BCUT2D eigenvalue weighted by atomic mass is 10.2. The van der Waals surface area contributed by atoms with E-state index < -0.39 is 10.2 Å². The van der Waals surface area contributed by atoms with Crippen LogP contribution in [0.5, 0.6) is 0 Å². The van der Waals surface area contributed by atoms with E-state index >= 15 is 0 Å². The lowest BCUT2D eigenvalue weighted by Crippen LogP contribution is -2.38. The summed E-state index contributed by atoms with van der Waals surface area (Å²) >= 11 is 0. The minimum absolute atomic E-state index is 0.0434. The van der Waals surface area contributed by atoms with Gasteiger partial charge in [-0.25, -0.2) is 4.31 Å². The quantitative estimate of drug-likeness (QED) is 0.823. The zero-order valence-electron chi connectivity index (χ0n) is 14.4. The van der Waals surface area contributed by atoms with E-state index in [2.05, 4.69) is 5.32 Å². The van der Waals surface area contributed by atoms with Crippen molar-refractivity contribution < 1.29 is 13.2 Å². The Morgan fingerprint density at radius 2 is 1.68 bits per heavy atom. The van der Waals surface area contributed by atoms with Gasteiger partial charge in [0.25, 0.3) is 0 Å². The Hall–Kier alpha value is -2.09. The Bertz CT molecular complexity index is 811. The second-order valence-electron chi connectivity index (χ2n) is 5.87. The maximum atomic E-state index is 13.2. The molecule has 0 aliphatic carbocycles. The van der Waals surface area contributed by atoms with Gasteiger partial charge >= 0.3 is 10.2 Å². The first-order valence-electron chi connectivity index (χ1n) is 8.24. The fourth-order valence-electron chi connectivity index (χ4n) is 3.06. The average Bonchev–Trinajstić information content (AvgIpc) is 2.85. The maximum absolute atomic E-state index is 13.2. The predicted molar refractivity (Wildman–Crippen MR) is 101 cm³/mol. The number of para-hydroxylation sites is 3. The van der Waals surface area contributed by atoms with Gasteiger partial charge in [0.05, 0.1) is 23.2 Å². The van der Waals surface area contributed by atoms with Crippen LogP contribution in [0.2, 0.25) is 0 Å². The molecule has 0 saturated carbocycles. The van der Waals surface area contributed by atoms with E-state index in [1.165, 1.54) is 8.61 Å². The predicted octanol–water partition coefficient (Wildman–Crippen LogP) is 2.51. The highest BCUT2D eigenvalue weighted by molar-refractivity contribution is 7.95. The Kier molecular flexibility index (Phi) is 5.27. The normalized spacial score (nSPS) is 16.7. The van der Waals surface area contributed by atoms with Crippen LogP contribution in [0.25, 0.3) is 0 Å². The summed E-state index contributed by atoms with van der Waals surface area (Å²) in [5, 5.41) is 3.07. The molecule has 0 bridgehead atoms. The van der Waals surface area contributed by atoms with Gasteiger partial charge in [-0.15, -0.1) is 0 Å². The maximum Gasteiger partial charge on any atom is 0.330 e. The zero-order valence-corrected chi connectivity index (χ0v) is 15.2. The number of benzene rings is 2. The van der Waals surface area contributed by atoms with Crippen LogP contribution in [-0.2, 0) is 14.9 Å². The number of rotatable bonds is 7. The first kappa shape index (κ1) is 17.7. The summed E-state index contributed by atoms with van der Waals surface area (Å²) in [5.41, 5.74) is 2.01. The van der Waals surface area contributed by atoms with Crippen LogP contribution in [0.3, 0.4) is 0 Å². The molecule has 25 heavy (non-hydrogen) atoms. The molecule has 1 aliphatic rings. The molecule has 0 unspecified atom stereocenters. The summed E-state index contributed by atoms with van der Waals surface area (Å²) in [5.74, 6) is 0. The fraction of sp³-hybridized carbons (Fsp3) is 0.333. The second kappa shape index (κ2) is 7.43. The molecular weight excluding hydrogens is 338 g/mol. The summed E-state index contributed by atoms with van der Waals surface area (Å²) in [4.78, 5) is 0. The molecule has 3 rings (SSSR count). The van der Waals surface area contributed by atoms with Crippen LogP contribution in [0, 0.1) is 0 Å². The minimum Gasteiger partial charge on any atom is -0.380 e. The molecule has 1 N–H and O–H groups in total. The molecule has 0 saturated heterocycles. The van der Waals surface area contributed by atoms with Gasteiger partial charge in [-0.05, 0) is 37.7 Å². The lowest BCUT2D eigenvalue weighted by molar-refractivity contribution is 0.0985. The SMILES string of the molecule is CNC[C@@H](CCN1c2ccccc2N(c2ccccc2)S1(=O)=O)OC. The Morgan fingerprint density at radius 3 is 2.32 bits per heavy atom. The van der Waals surface area contributed by atoms with E-state index in [0.717, 1.165) is 0 Å². The van der Waals surface area contributed by atoms with Gasteiger partial charge in [-0.1, -0.05) is 30.3 Å². The molecule has 0 radical (unpaired) electrons. The Balaban J connectivity index is 1.95. The first-order chi connectivity index (χ1) is 12.1.